The second-order valence-corrected chi connectivity index (χ2v) is 7.08. The maximum Gasteiger partial charge on any atom is 0.387 e. The fraction of sp³-hybridized carbons (Fsp3) is 0.333. The second kappa shape index (κ2) is 12.3. The van der Waals surface area contributed by atoms with Crippen molar-refractivity contribution in [1.29, 1.82) is 0 Å². The van der Waals surface area contributed by atoms with Gasteiger partial charge in [0.2, 0.25) is 11.9 Å². The molecule has 0 atom stereocenters. The molecule has 0 aliphatic carbocycles. The van der Waals surface area contributed by atoms with Crippen LogP contribution in [-0.4, -0.2) is 53.2 Å². The van der Waals surface area contributed by atoms with Crippen molar-refractivity contribution >= 4 is 23.9 Å². The molecule has 12 heteroatoms. The summed E-state index contributed by atoms with van der Waals surface area (Å²) in [6.45, 7) is 0.864. The highest BCUT2D eigenvalue weighted by molar-refractivity contribution is 5.85. The number of hydrogen-bond donors (Lipinski definition) is 3. The topological polar surface area (TPSA) is 118 Å². The van der Waals surface area contributed by atoms with Gasteiger partial charge in [-0.05, 0) is 31.5 Å². The minimum absolute atomic E-state index is 0.00935. The van der Waals surface area contributed by atoms with E-state index in [4.69, 9.17) is 5.73 Å². The van der Waals surface area contributed by atoms with Crippen LogP contribution in [0.25, 0.3) is 0 Å². The van der Waals surface area contributed by atoms with E-state index in [0.29, 0.717) is 11.3 Å². The molecule has 0 bridgehead atoms. The number of carbonyl (C=O) groups excluding carboxylic acids is 1. The molecule has 2 aromatic rings. The molecule has 0 saturated heterocycles. The molecule has 0 radical (unpaired) electrons. The molecule has 1 aromatic heterocycles. The smallest absolute Gasteiger partial charge is 0.387 e. The molecule has 4 N–H and O–H groups in total. The minimum Gasteiger partial charge on any atom is -0.435 e. The number of benzene rings is 1. The van der Waals surface area contributed by atoms with Crippen LogP contribution < -0.4 is 21.1 Å². The number of ether oxygens (including phenoxy) is 1. The van der Waals surface area contributed by atoms with Crippen molar-refractivity contribution in [3.05, 3.63) is 53.7 Å². The molecule has 1 heterocycles. The standard InChI is InChI=1S/C21H26F3N7O2/c1-13(2)31(3)18(32)12-26-10-15(8-25)29-21-28-11-17(22)19(30-21)27-9-14-5-4-6-16(7-14)33-20(23)24/h4-8,10-11,13,20H,9,12,25H2,1-3H3,(H2,27,28,29,30)/b15-8+,26-10?. The average Bonchev–Trinajstić information content (AvgIpc) is 2.77. The van der Waals surface area contributed by atoms with E-state index < -0.39 is 12.4 Å². The summed E-state index contributed by atoms with van der Waals surface area (Å²) < 4.78 is 43.2. The Morgan fingerprint density at radius 2 is 2.12 bits per heavy atom. The van der Waals surface area contributed by atoms with Crippen LogP contribution in [0.3, 0.4) is 0 Å². The zero-order valence-corrected chi connectivity index (χ0v) is 18.4. The molecule has 0 unspecified atom stereocenters. The van der Waals surface area contributed by atoms with Crippen LogP contribution in [0.15, 0.2) is 47.4 Å². The van der Waals surface area contributed by atoms with Crippen LogP contribution in [0.2, 0.25) is 0 Å². The van der Waals surface area contributed by atoms with Gasteiger partial charge < -0.3 is 26.0 Å². The quantitative estimate of drug-likeness (QED) is 0.437. The highest BCUT2D eigenvalue weighted by atomic mass is 19.3. The Labute approximate surface area is 189 Å². The summed E-state index contributed by atoms with van der Waals surface area (Å²) in [4.78, 5) is 25.5. The maximum absolute atomic E-state index is 14.1. The SMILES string of the molecule is CC(C)N(C)C(=O)CN=C/C(=C\N)Nc1ncc(F)c(NCc2cccc(OC(F)F)c2)n1. The number of amides is 1. The van der Waals surface area contributed by atoms with Crippen molar-refractivity contribution in [1.82, 2.24) is 14.9 Å². The second-order valence-electron chi connectivity index (χ2n) is 7.08. The number of allylic oxidation sites excluding steroid dienone is 1. The van der Waals surface area contributed by atoms with E-state index >= 15 is 0 Å². The Balaban J connectivity index is 2.01. The lowest BCUT2D eigenvalue weighted by Crippen LogP contribution is -2.34. The van der Waals surface area contributed by atoms with E-state index in [1.807, 2.05) is 13.8 Å². The van der Waals surface area contributed by atoms with E-state index in [1.165, 1.54) is 24.5 Å². The number of halogens is 3. The van der Waals surface area contributed by atoms with Gasteiger partial charge in [0.25, 0.3) is 0 Å². The zero-order valence-electron chi connectivity index (χ0n) is 18.4. The Morgan fingerprint density at radius 1 is 1.36 bits per heavy atom. The summed E-state index contributed by atoms with van der Waals surface area (Å²) >= 11 is 0. The van der Waals surface area contributed by atoms with Gasteiger partial charge in [0, 0.05) is 32.0 Å². The summed E-state index contributed by atoms with van der Waals surface area (Å²) in [7, 11) is 1.68. The first-order valence-electron chi connectivity index (χ1n) is 9.94. The molecule has 178 valence electrons. The normalized spacial score (nSPS) is 11.8. The van der Waals surface area contributed by atoms with Crippen molar-refractivity contribution in [2.75, 3.05) is 24.2 Å². The van der Waals surface area contributed by atoms with Crippen molar-refractivity contribution < 1.29 is 22.7 Å². The third-order valence-electron chi connectivity index (χ3n) is 4.39. The maximum atomic E-state index is 14.1. The number of rotatable bonds is 11. The van der Waals surface area contributed by atoms with Gasteiger partial charge >= 0.3 is 6.61 Å². The predicted molar refractivity (Wildman–Crippen MR) is 120 cm³/mol. The summed E-state index contributed by atoms with van der Waals surface area (Å²) in [5.41, 5.74) is 6.45. The van der Waals surface area contributed by atoms with Gasteiger partial charge in [-0.1, -0.05) is 12.1 Å². The van der Waals surface area contributed by atoms with Crippen LogP contribution in [0.4, 0.5) is 24.9 Å². The van der Waals surface area contributed by atoms with Crippen LogP contribution >= 0.6 is 0 Å². The molecule has 0 aliphatic heterocycles. The number of alkyl halides is 2. The molecule has 33 heavy (non-hydrogen) atoms. The van der Waals surface area contributed by atoms with Gasteiger partial charge in [0.05, 0.1) is 11.9 Å². The number of anilines is 2. The number of aliphatic imine (C=N–C) groups is 1. The van der Waals surface area contributed by atoms with E-state index in [-0.39, 0.29) is 42.6 Å². The van der Waals surface area contributed by atoms with Crippen LogP contribution in [-0.2, 0) is 11.3 Å². The monoisotopic (exact) mass is 465 g/mol. The largest absolute Gasteiger partial charge is 0.435 e. The Bertz CT molecular complexity index is 1000. The summed E-state index contributed by atoms with van der Waals surface area (Å²) in [5, 5.41) is 5.56. The summed E-state index contributed by atoms with van der Waals surface area (Å²) in [6.07, 6.45) is 3.51. The number of hydrogen-bond acceptors (Lipinski definition) is 8. The molecule has 0 fully saturated rings. The summed E-state index contributed by atoms with van der Waals surface area (Å²) in [6, 6.07) is 6.04. The average molecular weight is 465 g/mol. The van der Waals surface area contributed by atoms with Crippen molar-refractivity contribution in [3.63, 3.8) is 0 Å². The van der Waals surface area contributed by atoms with Gasteiger partial charge in [-0.15, -0.1) is 0 Å². The predicted octanol–water partition coefficient (Wildman–Crippen LogP) is 2.98. The Morgan fingerprint density at radius 3 is 2.79 bits per heavy atom. The van der Waals surface area contributed by atoms with Crippen molar-refractivity contribution in [2.45, 2.75) is 33.0 Å². The first-order chi connectivity index (χ1) is 15.7. The lowest BCUT2D eigenvalue weighted by Gasteiger charge is -2.20. The molecule has 1 amide bonds. The molecule has 9 nitrogen and oxygen atoms in total. The van der Waals surface area contributed by atoms with E-state index in [0.717, 1.165) is 6.20 Å². The molecule has 0 aliphatic rings. The number of nitrogens with zero attached hydrogens (tertiary/aromatic N) is 4. The van der Waals surface area contributed by atoms with Crippen LogP contribution in [0, 0.1) is 5.82 Å². The van der Waals surface area contributed by atoms with Crippen molar-refractivity contribution in [3.8, 4) is 5.75 Å². The van der Waals surface area contributed by atoms with Crippen LogP contribution in [0.1, 0.15) is 19.4 Å². The van der Waals surface area contributed by atoms with Crippen molar-refractivity contribution in [2.24, 2.45) is 10.7 Å². The highest BCUT2D eigenvalue weighted by Crippen LogP contribution is 2.18. The Kier molecular flexibility index (Phi) is 9.45. The lowest BCUT2D eigenvalue weighted by molar-refractivity contribution is -0.129. The summed E-state index contributed by atoms with van der Waals surface area (Å²) in [5.74, 6) is -0.970. The van der Waals surface area contributed by atoms with Gasteiger partial charge in [-0.3, -0.25) is 9.79 Å². The van der Waals surface area contributed by atoms with Gasteiger partial charge in [0.1, 0.15) is 12.3 Å². The first kappa shape index (κ1) is 25.4. The fourth-order valence-electron chi connectivity index (χ4n) is 2.44. The minimum atomic E-state index is -2.94. The van der Waals surface area contributed by atoms with Crippen LogP contribution in [0.5, 0.6) is 5.75 Å². The fourth-order valence-corrected chi connectivity index (χ4v) is 2.44. The molecular weight excluding hydrogens is 439 g/mol. The van der Waals surface area contributed by atoms with E-state index in [1.54, 1.807) is 24.1 Å². The number of carbonyl (C=O) groups is 1. The number of nitrogens with one attached hydrogen (secondary N) is 2. The Hall–Kier alpha value is -3.83. The number of likely N-dealkylation sites (N-methyl/N-ethyl adjacent to an activating group) is 1. The lowest BCUT2D eigenvalue weighted by atomic mass is 10.2. The number of aromatic nitrogens is 2. The van der Waals surface area contributed by atoms with E-state index in [2.05, 4.69) is 30.3 Å². The number of nitrogens with two attached hydrogens (primary N) is 1. The third-order valence-corrected chi connectivity index (χ3v) is 4.39. The van der Waals surface area contributed by atoms with Gasteiger partial charge in [0.15, 0.2) is 11.6 Å². The third kappa shape index (κ3) is 8.31. The highest BCUT2D eigenvalue weighted by Gasteiger charge is 2.11. The molecule has 0 spiro atoms. The van der Waals surface area contributed by atoms with Gasteiger partial charge in [-0.25, -0.2) is 9.37 Å². The molecule has 1 aromatic carbocycles. The molecular formula is C21H26F3N7O2. The first-order valence-corrected chi connectivity index (χ1v) is 9.94. The molecule has 0 saturated carbocycles. The molecule has 2 rings (SSSR count). The zero-order chi connectivity index (χ0) is 24.4. The van der Waals surface area contributed by atoms with Gasteiger partial charge in [-0.2, -0.15) is 13.8 Å². The van der Waals surface area contributed by atoms with E-state index in [9.17, 15) is 18.0 Å².